The molecule has 1 saturated heterocycles. The van der Waals surface area contributed by atoms with Gasteiger partial charge in [-0.1, -0.05) is 0 Å². The van der Waals surface area contributed by atoms with E-state index >= 15 is 0 Å². The van der Waals surface area contributed by atoms with Gasteiger partial charge < -0.3 is 15.1 Å². The van der Waals surface area contributed by atoms with E-state index < -0.39 is 0 Å². The zero-order chi connectivity index (χ0) is 12.7. The van der Waals surface area contributed by atoms with Gasteiger partial charge in [-0.15, -0.1) is 0 Å². The predicted molar refractivity (Wildman–Crippen MR) is 71.1 cm³/mol. The number of amides is 1. The van der Waals surface area contributed by atoms with Crippen LogP contribution < -0.4 is 5.32 Å². The Kier molecular flexibility index (Phi) is 6.52. The summed E-state index contributed by atoms with van der Waals surface area (Å²) in [5.74, 6) is 0.261. The summed E-state index contributed by atoms with van der Waals surface area (Å²) in [7, 11) is 2.11. The van der Waals surface area contributed by atoms with E-state index in [0.29, 0.717) is 12.6 Å². The second-order valence-electron chi connectivity index (χ2n) is 5.19. The van der Waals surface area contributed by atoms with E-state index in [4.69, 9.17) is 0 Å². The number of hydrogen-bond donors (Lipinski definition) is 1. The third kappa shape index (κ3) is 5.50. The standard InChI is InChI=1S/C13H27N3O/c1-12(2)15(3)10-7-14-11-13(17)16-8-5-4-6-9-16/h12,14H,4-11H2,1-3H3. The minimum Gasteiger partial charge on any atom is -0.342 e. The Bertz CT molecular complexity index is 225. The lowest BCUT2D eigenvalue weighted by atomic mass is 10.1. The summed E-state index contributed by atoms with van der Waals surface area (Å²) < 4.78 is 0. The average molecular weight is 241 g/mol. The molecule has 0 saturated carbocycles. The van der Waals surface area contributed by atoms with E-state index in [2.05, 4.69) is 31.1 Å². The van der Waals surface area contributed by atoms with Gasteiger partial charge in [0.25, 0.3) is 0 Å². The summed E-state index contributed by atoms with van der Waals surface area (Å²) in [4.78, 5) is 16.1. The van der Waals surface area contributed by atoms with E-state index in [9.17, 15) is 4.79 Å². The van der Waals surface area contributed by atoms with Crippen molar-refractivity contribution >= 4 is 5.91 Å². The van der Waals surface area contributed by atoms with E-state index in [-0.39, 0.29) is 5.91 Å². The number of nitrogens with zero attached hydrogens (tertiary/aromatic N) is 2. The molecule has 0 radical (unpaired) electrons. The molecule has 0 aromatic rings. The lowest BCUT2D eigenvalue weighted by Gasteiger charge is -2.27. The van der Waals surface area contributed by atoms with Crippen LogP contribution in [-0.2, 0) is 4.79 Å². The molecule has 1 amide bonds. The Morgan fingerprint density at radius 1 is 1.29 bits per heavy atom. The third-order valence-electron chi connectivity index (χ3n) is 3.51. The molecule has 1 aliphatic heterocycles. The van der Waals surface area contributed by atoms with Crippen LogP contribution in [0.4, 0.5) is 0 Å². The molecule has 4 nitrogen and oxygen atoms in total. The highest BCUT2D eigenvalue weighted by atomic mass is 16.2. The van der Waals surface area contributed by atoms with Crippen LogP contribution in [0.1, 0.15) is 33.1 Å². The molecule has 0 aliphatic carbocycles. The Morgan fingerprint density at radius 2 is 1.94 bits per heavy atom. The van der Waals surface area contributed by atoms with Gasteiger partial charge >= 0.3 is 0 Å². The first-order chi connectivity index (χ1) is 8.11. The molecule has 0 aromatic carbocycles. The highest BCUT2D eigenvalue weighted by molar-refractivity contribution is 5.78. The van der Waals surface area contributed by atoms with Crippen molar-refractivity contribution in [3.05, 3.63) is 0 Å². The van der Waals surface area contributed by atoms with Crippen molar-refractivity contribution in [3.63, 3.8) is 0 Å². The van der Waals surface area contributed by atoms with Crippen LogP contribution in [0, 0.1) is 0 Å². The number of piperidine rings is 1. The molecule has 100 valence electrons. The van der Waals surface area contributed by atoms with E-state index in [0.717, 1.165) is 26.2 Å². The number of likely N-dealkylation sites (N-methyl/N-ethyl adjacent to an activating group) is 1. The topological polar surface area (TPSA) is 35.6 Å². The van der Waals surface area contributed by atoms with E-state index in [1.54, 1.807) is 0 Å². The zero-order valence-electron chi connectivity index (χ0n) is 11.5. The zero-order valence-corrected chi connectivity index (χ0v) is 11.5. The van der Waals surface area contributed by atoms with Crippen molar-refractivity contribution in [1.29, 1.82) is 0 Å². The summed E-state index contributed by atoms with van der Waals surface area (Å²) in [5, 5.41) is 3.24. The second-order valence-corrected chi connectivity index (χ2v) is 5.19. The van der Waals surface area contributed by atoms with Crippen molar-refractivity contribution in [2.75, 3.05) is 39.8 Å². The molecule has 1 fully saturated rings. The van der Waals surface area contributed by atoms with Crippen LogP contribution in [0.3, 0.4) is 0 Å². The molecule has 0 spiro atoms. The van der Waals surface area contributed by atoms with Crippen LogP contribution in [0.2, 0.25) is 0 Å². The van der Waals surface area contributed by atoms with Crippen LogP contribution in [-0.4, -0.2) is 61.5 Å². The summed E-state index contributed by atoms with van der Waals surface area (Å²) in [5.41, 5.74) is 0. The predicted octanol–water partition coefficient (Wildman–Crippen LogP) is 0.929. The quantitative estimate of drug-likeness (QED) is 0.703. The Hall–Kier alpha value is -0.610. The van der Waals surface area contributed by atoms with Gasteiger partial charge in [0.1, 0.15) is 0 Å². The van der Waals surface area contributed by atoms with Crippen molar-refractivity contribution in [1.82, 2.24) is 15.1 Å². The van der Waals surface area contributed by atoms with Crippen molar-refractivity contribution in [2.24, 2.45) is 0 Å². The molecule has 4 heteroatoms. The normalized spacial score (nSPS) is 16.9. The molecule has 0 aromatic heterocycles. The molecule has 0 unspecified atom stereocenters. The fraction of sp³-hybridized carbons (Fsp3) is 0.923. The fourth-order valence-electron chi connectivity index (χ4n) is 1.96. The summed E-state index contributed by atoms with van der Waals surface area (Å²) >= 11 is 0. The van der Waals surface area contributed by atoms with Crippen LogP contribution in [0.25, 0.3) is 0 Å². The lowest BCUT2D eigenvalue weighted by Crippen LogP contribution is -2.42. The van der Waals surface area contributed by atoms with Crippen molar-refractivity contribution < 1.29 is 4.79 Å². The molecule has 0 bridgehead atoms. The van der Waals surface area contributed by atoms with Crippen LogP contribution in [0.15, 0.2) is 0 Å². The maximum absolute atomic E-state index is 11.8. The minimum atomic E-state index is 0.261. The number of rotatable bonds is 6. The van der Waals surface area contributed by atoms with Gasteiger partial charge in [0, 0.05) is 32.2 Å². The average Bonchev–Trinajstić information content (AvgIpc) is 2.35. The Balaban J connectivity index is 2.07. The first-order valence-electron chi connectivity index (χ1n) is 6.80. The van der Waals surface area contributed by atoms with Gasteiger partial charge in [-0.05, 0) is 40.2 Å². The van der Waals surface area contributed by atoms with E-state index in [1.807, 2.05) is 4.90 Å². The van der Waals surface area contributed by atoms with Crippen LogP contribution in [0.5, 0.6) is 0 Å². The molecule has 1 heterocycles. The number of likely N-dealkylation sites (tertiary alicyclic amines) is 1. The SMILES string of the molecule is CC(C)N(C)CCNCC(=O)N1CCCCC1. The summed E-state index contributed by atoms with van der Waals surface area (Å²) in [6.45, 7) is 8.63. The smallest absolute Gasteiger partial charge is 0.236 e. The largest absolute Gasteiger partial charge is 0.342 e. The fourth-order valence-corrected chi connectivity index (χ4v) is 1.96. The number of nitrogens with one attached hydrogen (secondary N) is 1. The Morgan fingerprint density at radius 3 is 2.53 bits per heavy atom. The van der Waals surface area contributed by atoms with Gasteiger partial charge in [-0.25, -0.2) is 0 Å². The molecule has 17 heavy (non-hydrogen) atoms. The third-order valence-corrected chi connectivity index (χ3v) is 3.51. The van der Waals surface area contributed by atoms with Gasteiger partial charge in [-0.2, -0.15) is 0 Å². The first-order valence-corrected chi connectivity index (χ1v) is 6.80. The molecular weight excluding hydrogens is 214 g/mol. The molecule has 0 atom stereocenters. The van der Waals surface area contributed by atoms with Gasteiger partial charge in [0.05, 0.1) is 6.54 Å². The van der Waals surface area contributed by atoms with E-state index in [1.165, 1.54) is 19.3 Å². The van der Waals surface area contributed by atoms with Gasteiger partial charge in [0.15, 0.2) is 0 Å². The first kappa shape index (κ1) is 14.5. The monoisotopic (exact) mass is 241 g/mol. The molecule has 1 N–H and O–H groups in total. The summed E-state index contributed by atoms with van der Waals surface area (Å²) in [6.07, 6.45) is 3.61. The maximum Gasteiger partial charge on any atom is 0.236 e. The maximum atomic E-state index is 11.8. The van der Waals surface area contributed by atoms with Crippen LogP contribution >= 0.6 is 0 Å². The molecule has 1 rings (SSSR count). The van der Waals surface area contributed by atoms with Gasteiger partial charge in [-0.3, -0.25) is 4.79 Å². The van der Waals surface area contributed by atoms with Gasteiger partial charge in [0.2, 0.25) is 5.91 Å². The highest BCUT2D eigenvalue weighted by Gasteiger charge is 2.15. The van der Waals surface area contributed by atoms with Crippen molar-refractivity contribution in [3.8, 4) is 0 Å². The molecule has 1 aliphatic rings. The number of hydrogen-bond acceptors (Lipinski definition) is 3. The summed E-state index contributed by atoms with van der Waals surface area (Å²) in [6, 6.07) is 0.564. The highest BCUT2D eigenvalue weighted by Crippen LogP contribution is 2.08. The number of carbonyl (C=O) groups excluding carboxylic acids is 1. The van der Waals surface area contributed by atoms with Crippen molar-refractivity contribution in [2.45, 2.75) is 39.2 Å². The lowest BCUT2D eigenvalue weighted by molar-refractivity contribution is -0.131. The molecular formula is C13H27N3O. The Labute approximate surface area is 105 Å². The minimum absolute atomic E-state index is 0.261. The number of carbonyl (C=O) groups is 1. The second kappa shape index (κ2) is 7.67.